The summed E-state index contributed by atoms with van der Waals surface area (Å²) in [6, 6.07) is 5.26. The van der Waals surface area contributed by atoms with Crippen molar-refractivity contribution < 1.29 is 27.3 Å². The minimum Gasteiger partial charge on any atom is -0.461 e. The Balaban J connectivity index is 1.71. The molecule has 10 nitrogen and oxygen atoms in total. The zero-order valence-electron chi connectivity index (χ0n) is 14.2. The first-order valence-electron chi connectivity index (χ1n) is 7.69. The summed E-state index contributed by atoms with van der Waals surface area (Å²) in [5.41, 5.74) is -2.67. The topological polar surface area (TPSA) is 142 Å². The highest BCUT2D eigenvalue weighted by Gasteiger charge is 2.35. The lowest BCUT2D eigenvalue weighted by molar-refractivity contribution is -0.385. The molecule has 3 N–H and O–H groups in total. The zero-order valence-corrected chi connectivity index (χ0v) is 15.0. The van der Waals surface area contributed by atoms with E-state index in [1.54, 1.807) is 12.1 Å². The van der Waals surface area contributed by atoms with Crippen LogP contribution in [-0.4, -0.2) is 31.5 Å². The third-order valence-electron chi connectivity index (χ3n) is 3.53. The van der Waals surface area contributed by atoms with Crippen molar-refractivity contribution in [3.63, 3.8) is 0 Å². The first-order valence-corrected chi connectivity index (χ1v) is 8.68. The smallest absolute Gasteiger partial charge is 0.418 e. The van der Waals surface area contributed by atoms with Crippen LogP contribution in [0, 0.1) is 10.1 Å². The second kappa shape index (κ2) is 7.83. The van der Waals surface area contributed by atoms with Gasteiger partial charge in [-0.25, -0.2) is 4.68 Å². The second-order valence-corrected chi connectivity index (χ2v) is 6.42. The molecule has 0 radical (unpaired) electrons. The van der Waals surface area contributed by atoms with Gasteiger partial charge in [-0.15, -0.1) is 10.2 Å². The van der Waals surface area contributed by atoms with Crippen LogP contribution in [0.2, 0.25) is 0 Å². The Morgan fingerprint density at radius 2 is 2.10 bits per heavy atom. The van der Waals surface area contributed by atoms with Gasteiger partial charge in [-0.2, -0.15) is 13.2 Å². The Hall–Kier alpha value is -3.55. The molecule has 3 aromatic rings. The maximum absolute atomic E-state index is 13.2. The molecule has 2 heterocycles. The Bertz CT molecular complexity index is 1050. The number of nitrogens with zero attached hydrogens (tertiary/aromatic N) is 4. The number of nitro benzene ring substituents is 1. The number of anilines is 1. The summed E-state index contributed by atoms with van der Waals surface area (Å²) in [7, 11) is 0. The van der Waals surface area contributed by atoms with Gasteiger partial charge >= 0.3 is 6.18 Å². The number of nitrogens with two attached hydrogens (primary N) is 1. The van der Waals surface area contributed by atoms with Gasteiger partial charge in [0.25, 0.3) is 5.69 Å². The fourth-order valence-electron chi connectivity index (χ4n) is 2.26. The molecular formula is C15H11F3N6O4S. The highest BCUT2D eigenvalue weighted by Crippen LogP contribution is 2.37. The second-order valence-electron chi connectivity index (χ2n) is 5.48. The van der Waals surface area contributed by atoms with Crippen molar-refractivity contribution in [3.8, 4) is 11.6 Å². The number of aromatic nitrogens is 3. The van der Waals surface area contributed by atoms with E-state index in [1.165, 1.54) is 6.26 Å². The van der Waals surface area contributed by atoms with Gasteiger partial charge in [0.2, 0.25) is 16.9 Å². The molecule has 0 saturated heterocycles. The summed E-state index contributed by atoms with van der Waals surface area (Å²) in [6.45, 7) is 0. The summed E-state index contributed by atoms with van der Waals surface area (Å²) in [5, 5.41) is 20.5. The number of non-ortho nitro benzene ring substituents is 1. The average Bonchev–Trinajstić information content (AvgIpc) is 3.29. The number of nitro groups is 1. The average molecular weight is 428 g/mol. The van der Waals surface area contributed by atoms with Crippen molar-refractivity contribution in [2.24, 2.45) is 0 Å². The van der Waals surface area contributed by atoms with E-state index in [0.29, 0.717) is 11.8 Å². The number of carbonyl (C=O) groups excluding carboxylic acids is 1. The summed E-state index contributed by atoms with van der Waals surface area (Å²) in [6.07, 6.45) is -3.48. The maximum Gasteiger partial charge on any atom is 0.418 e. The van der Waals surface area contributed by atoms with Crippen molar-refractivity contribution in [3.05, 3.63) is 52.3 Å². The fraction of sp³-hybridized carbons (Fsp3) is 0.133. The van der Waals surface area contributed by atoms with Crippen LogP contribution < -0.4 is 11.2 Å². The van der Waals surface area contributed by atoms with Gasteiger partial charge in [-0.1, -0.05) is 11.8 Å². The Morgan fingerprint density at radius 1 is 1.34 bits per heavy atom. The normalized spacial score (nSPS) is 11.4. The van der Waals surface area contributed by atoms with Crippen LogP contribution in [0.3, 0.4) is 0 Å². The minimum atomic E-state index is -4.89. The van der Waals surface area contributed by atoms with Gasteiger partial charge in [0, 0.05) is 12.1 Å². The van der Waals surface area contributed by atoms with Crippen LogP contribution >= 0.6 is 11.8 Å². The number of halogens is 3. The van der Waals surface area contributed by atoms with Crippen molar-refractivity contribution in [1.82, 2.24) is 14.9 Å². The SMILES string of the molecule is Nn1c(SCC(=O)Nc2ccc([N+](=O)[O-])cc2C(F)(F)F)nnc1-c1ccco1. The summed E-state index contributed by atoms with van der Waals surface area (Å²) in [4.78, 5) is 21.8. The Labute approximate surface area is 164 Å². The monoisotopic (exact) mass is 428 g/mol. The van der Waals surface area contributed by atoms with E-state index in [0.717, 1.165) is 28.6 Å². The number of furan rings is 1. The molecule has 3 rings (SSSR count). The number of amides is 1. The highest BCUT2D eigenvalue weighted by molar-refractivity contribution is 7.99. The predicted octanol–water partition coefficient (Wildman–Crippen LogP) is 2.91. The fourth-order valence-corrected chi connectivity index (χ4v) is 2.91. The highest BCUT2D eigenvalue weighted by atomic mass is 32.2. The molecule has 0 bridgehead atoms. The van der Waals surface area contributed by atoms with E-state index in [9.17, 15) is 28.1 Å². The Kier molecular flexibility index (Phi) is 5.45. The van der Waals surface area contributed by atoms with Crippen molar-refractivity contribution in [2.45, 2.75) is 11.3 Å². The number of benzene rings is 1. The van der Waals surface area contributed by atoms with Crippen LogP contribution in [0.25, 0.3) is 11.6 Å². The number of nitrogen functional groups attached to an aromatic ring is 1. The molecule has 0 unspecified atom stereocenters. The van der Waals surface area contributed by atoms with Gasteiger partial charge in [-0.3, -0.25) is 14.9 Å². The third-order valence-corrected chi connectivity index (χ3v) is 4.47. The number of hydrogen-bond donors (Lipinski definition) is 2. The van der Waals surface area contributed by atoms with Crippen LogP contribution in [0.1, 0.15) is 5.56 Å². The molecule has 0 saturated carbocycles. The molecule has 152 valence electrons. The van der Waals surface area contributed by atoms with Gasteiger partial charge in [-0.05, 0) is 18.2 Å². The summed E-state index contributed by atoms with van der Waals surface area (Å²) >= 11 is 0.835. The van der Waals surface area contributed by atoms with Crippen LogP contribution in [0.4, 0.5) is 24.5 Å². The van der Waals surface area contributed by atoms with E-state index >= 15 is 0 Å². The minimum absolute atomic E-state index is 0.131. The molecule has 1 amide bonds. The van der Waals surface area contributed by atoms with Gasteiger partial charge < -0.3 is 15.6 Å². The predicted molar refractivity (Wildman–Crippen MR) is 95.3 cm³/mol. The molecule has 1 aromatic carbocycles. The van der Waals surface area contributed by atoms with E-state index in [-0.39, 0.29) is 16.7 Å². The first-order chi connectivity index (χ1) is 13.7. The van der Waals surface area contributed by atoms with Crippen LogP contribution in [-0.2, 0) is 11.0 Å². The summed E-state index contributed by atoms with van der Waals surface area (Å²) < 4.78 is 45.7. The largest absolute Gasteiger partial charge is 0.461 e. The molecule has 2 aromatic heterocycles. The van der Waals surface area contributed by atoms with E-state index in [1.807, 2.05) is 0 Å². The summed E-state index contributed by atoms with van der Waals surface area (Å²) in [5.74, 6) is 5.25. The van der Waals surface area contributed by atoms with Gasteiger partial charge in [0.1, 0.15) is 0 Å². The molecule has 0 aliphatic heterocycles. The number of thioether (sulfide) groups is 1. The van der Waals surface area contributed by atoms with Crippen molar-refractivity contribution in [2.75, 3.05) is 16.9 Å². The van der Waals surface area contributed by atoms with Crippen LogP contribution in [0.5, 0.6) is 0 Å². The standard InChI is InChI=1S/C15H11F3N6O4S/c16-15(17,18)9-6-8(24(26)27)3-4-10(9)20-12(25)7-29-14-22-21-13(23(14)19)11-2-1-5-28-11/h1-6H,7,19H2,(H,20,25). The van der Waals surface area contributed by atoms with E-state index in [4.69, 9.17) is 10.3 Å². The zero-order chi connectivity index (χ0) is 21.2. The van der Waals surface area contributed by atoms with Crippen molar-refractivity contribution in [1.29, 1.82) is 0 Å². The van der Waals surface area contributed by atoms with Crippen LogP contribution in [0.15, 0.2) is 46.2 Å². The lowest BCUT2D eigenvalue weighted by atomic mass is 10.1. The molecule has 14 heteroatoms. The lowest BCUT2D eigenvalue weighted by Crippen LogP contribution is -2.19. The van der Waals surface area contributed by atoms with E-state index < -0.39 is 33.9 Å². The molecule has 29 heavy (non-hydrogen) atoms. The first kappa shape index (κ1) is 20.2. The van der Waals surface area contributed by atoms with Crippen molar-refractivity contribution >= 4 is 29.0 Å². The third kappa shape index (κ3) is 4.48. The Morgan fingerprint density at radius 3 is 2.72 bits per heavy atom. The van der Waals surface area contributed by atoms with E-state index in [2.05, 4.69) is 15.5 Å². The molecule has 0 fully saturated rings. The molecule has 0 aliphatic rings. The quantitative estimate of drug-likeness (QED) is 0.264. The number of rotatable bonds is 6. The maximum atomic E-state index is 13.2. The number of nitrogens with one attached hydrogen (secondary N) is 1. The molecule has 0 aliphatic carbocycles. The van der Waals surface area contributed by atoms with Gasteiger partial charge in [0.05, 0.1) is 28.2 Å². The lowest BCUT2D eigenvalue weighted by Gasteiger charge is -2.13. The number of hydrogen-bond acceptors (Lipinski definition) is 8. The van der Waals surface area contributed by atoms with Gasteiger partial charge in [0.15, 0.2) is 5.76 Å². The molecular weight excluding hydrogens is 417 g/mol. The molecule has 0 atom stereocenters. The molecule has 0 spiro atoms. The number of alkyl halides is 3. The number of carbonyl (C=O) groups is 1.